The van der Waals surface area contributed by atoms with Gasteiger partial charge < -0.3 is 15.5 Å². The average molecular weight is 291 g/mol. The van der Waals surface area contributed by atoms with Gasteiger partial charge in [-0.1, -0.05) is 0 Å². The Bertz CT molecular complexity index is 607. The van der Waals surface area contributed by atoms with Gasteiger partial charge in [0.2, 0.25) is 0 Å². The van der Waals surface area contributed by atoms with Crippen molar-refractivity contribution in [1.29, 1.82) is 0 Å². The van der Waals surface area contributed by atoms with E-state index in [0.717, 1.165) is 0 Å². The van der Waals surface area contributed by atoms with Crippen LogP contribution in [0.15, 0.2) is 24.3 Å². The third kappa shape index (κ3) is 3.14. The molecule has 0 fully saturated rings. The minimum Gasteiger partial charge on any atom is -0.508 e. The van der Waals surface area contributed by atoms with E-state index in [1.807, 2.05) is 6.92 Å². The van der Waals surface area contributed by atoms with Crippen molar-refractivity contribution in [3.63, 3.8) is 0 Å². The Kier molecular flexibility index (Phi) is 4.35. The molecule has 0 saturated carbocycles. The minimum atomic E-state index is -0.0447. The van der Waals surface area contributed by atoms with Crippen LogP contribution in [0, 0.1) is 13.8 Å². The molecule has 0 amide bonds. The number of aryl methyl sites for hydroxylation is 2. The summed E-state index contributed by atoms with van der Waals surface area (Å²) in [5.41, 5.74) is 2.00. The summed E-state index contributed by atoms with van der Waals surface area (Å²) in [5, 5.41) is 22.9. The van der Waals surface area contributed by atoms with E-state index in [4.69, 9.17) is 0 Å². The Hall–Kier alpha value is -1.52. The molecule has 108 valence electrons. The highest BCUT2D eigenvalue weighted by atomic mass is 32.1. The molecule has 0 radical (unpaired) electrons. The highest BCUT2D eigenvalue weighted by molar-refractivity contribution is 7.12. The van der Waals surface area contributed by atoms with Gasteiger partial charge in [0.05, 0.1) is 0 Å². The molecule has 0 spiro atoms. The second-order valence-corrected chi connectivity index (χ2v) is 6.68. The van der Waals surface area contributed by atoms with Gasteiger partial charge in [-0.3, -0.25) is 0 Å². The quantitative estimate of drug-likeness (QED) is 0.740. The van der Waals surface area contributed by atoms with Crippen molar-refractivity contribution in [1.82, 2.24) is 5.32 Å². The van der Waals surface area contributed by atoms with Crippen molar-refractivity contribution >= 4 is 11.3 Å². The summed E-state index contributed by atoms with van der Waals surface area (Å²) in [5.74, 6) is 0.370. The van der Waals surface area contributed by atoms with Crippen LogP contribution in [0.1, 0.15) is 46.8 Å². The summed E-state index contributed by atoms with van der Waals surface area (Å²) in [4.78, 5) is 2.62. The van der Waals surface area contributed by atoms with E-state index < -0.39 is 0 Å². The van der Waals surface area contributed by atoms with Crippen molar-refractivity contribution in [2.45, 2.75) is 39.8 Å². The van der Waals surface area contributed by atoms with E-state index in [1.54, 1.807) is 17.4 Å². The molecule has 0 saturated heterocycles. The third-order valence-corrected chi connectivity index (χ3v) is 4.51. The van der Waals surface area contributed by atoms with E-state index in [-0.39, 0.29) is 23.6 Å². The molecule has 2 atom stereocenters. The molecule has 2 aromatic rings. The van der Waals surface area contributed by atoms with Crippen molar-refractivity contribution in [2.24, 2.45) is 0 Å². The fourth-order valence-corrected chi connectivity index (χ4v) is 3.55. The van der Waals surface area contributed by atoms with Gasteiger partial charge in [-0.2, -0.15) is 0 Å². The highest BCUT2D eigenvalue weighted by Crippen LogP contribution is 2.31. The molecule has 0 bridgehead atoms. The summed E-state index contributed by atoms with van der Waals surface area (Å²) in [6.07, 6.45) is 0. The standard InChI is InChI=1S/C16H21NO2S/c1-9-7-14(12(4)20-9)10(2)17-11(3)15-8-13(18)5-6-16(15)19/h5-8,10-11,17-19H,1-4H3. The van der Waals surface area contributed by atoms with Crippen molar-refractivity contribution in [3.8, 4) is 11.5 Å². The minimum absolute atomic E-state index is 0.0447. The molecular formula is C16H21NO2S. The smallest absolute Gasteiger partial charge is 0.120 e. The lowest BCUT2D eigenvalue weighted by molar-refractivity contribution is 0.429. The second-order valence-electron chi connectivity index (χ2n) is 5.22. The number of hydrogen-bond donors (Lipinski definition) is 3. The van der Waals surface area contributed by atoms with E-state index in [9.17, 15) is 10.2 Å². The van der Waals surface area contributed by atoms with Crippen LogP contribution >= 0.6 is 11.3 Å². The SMILES string of the molecule is Cc1cc(C(C)NC(C)c2cc(O)ccc2O)c(C)s1. The monoisotopic (exact) mass is 291 g/mol. The largest absolute Gasteiger partial charge is 0.508 e. The fourth-order valence-electron chi connectivity index (χ4n) is 2.52. The maximum absolute atomic E-state index is 9.90. The van der Waals surface area contributed by atoms with Crippen LogP contribution in [0.2, 0.25) is 0 Å². The Labute approximate surface area is 123 Å². The third-order valence-electron chi connectivity index (χ3n) is 3.52. The van der Waals surface area contributed by atoms with Gasteiger partial charge in [0.15, 0.2) is 0 Å². The van der Waals surface area contributed by atoms with Crippen LogP contribution in [0.25, 0.3) is 0 Å². The number of thiophene rings is 1. The van der Waals surface area contributed by atoms with Gasteiger partial charge in [0.1, 0.15) is 11.5 Å². The van der Waals surface area contributed by atoms with E-state index >= 15 is 0 Å². The fraction of sp³-hybridized carbons (Fsp3) is 0.375. The first-order valence-electron chi connectivity index (χ1n) is 6.73. The summed E-state index contributed by atoms with van der Waals surface area (Å²) < 4.78 is 0. The lowest BCUT2D eigenvalue weighted by atomic mass is 10.0. The first-order valence-corrected chi connectivity index (χ1v) is 7.55. The number of nitrogens with one attached hydrogen (secondary N) is 1. The maximum Gasteiger partial charge on any atom is 0.120 e. The predicted octanol–water partition coefficient (Wildman–Crippen LogP) is 4.19. The molecule has 2 unspecified atom stereocenters. The second kappa shape index (κ2) is 5.85. The van der Waals surface area contributed by atoms with E-state index in [0.29, 0.717) is 5.56 Å². The molecule has 20 heavy (non-hydrogen) atoms. The molecule has 3 N–H and O–H groups in total. The first kappa shape index (κ1) is 14.9. The molecule has 4 heteroatoms. The number of benzene rings is 1. The van der Waals surface area contributed by atoms with Gasteiger partial charge in [-0.25, -0.2) is 0 Å². The van der Waals surface area contributed by atoms with Crippen LogP contribution in [0.5, 0.6) is 11.5 Å². The number of phenols is 2. The highest BCUT2D eigenvalue weighted by Gasteiger charge is 2.17. The molecule has 0 aliphatic heterocycles. The Morgan fingerprint density at radius 2 is 1.65 bits per heavy atom. The van der Waals surface area contributed by atoms with Gasteiger partial charge in [0, 0.05) is 27.4 Å². The Morgan fingerprint density at radius 1 is 1.00 bits per heavy atom. The van der Waals surface area contributed by atoms with Crippen molar-refractivity contribution in [2.75, 3.05) is 0 Å². The van der Waals surface area contributed by atoms with Gasteiger partial charge in [0.25, 0.3) is 0 Å². The summed E-state index contributed by atoms with van der Waals surface area (Å²) in [6, 6.07) is 6.96. The van der Waals surface area contributed by atoms with Gasteiger partial charge >= 0.3 is 0 Å². The van der Waals surface area contributed by atoms with Gasteiger partial charge in [-0.15, -0.1) is 11.3 Å². The topological polar surface area (TPSA) is 52.5 Å². The molecule has 3 nitrogen and oxygen atoms in total. The summed E-state index contributed by atoms with van der Waals surface area (Å²) in [6.45, 7) is 8.34. The Morgan fingerprint density at radius 3 is 2.25 bits per heavy atom. The number of rotatable bonds is 4. The van der Waals surface area contributed by atoms with E-state index in [2.05, 4.69) is 32.2 Å². The number of hydrogen-bond acceptors (Lipinski definition) is 4. The zero-order chi connectivity index (χ0) is 14.9. The molecule has 1 aromatic heterocycles. The number of phenolic OH excluding ortho intramolecular Hbond substituents is 2. The normalized spacial score (nSPS) is 14.2. The predicted molar refractivity (Wildman–Crippen MR) is 83.5 cm³/mol. The van der Waals surface area contributed by atoms with Crippen molar-refractivity contribution < 1.29 is 10.2 Å². The van der Waals surface area contributed by atoms with E-state index in [1.165, 1.54) is 27.5 Å². The molecule has 1 aromatic carbocycles. The molecule has 0 aliphatic rings. The van der Waals surface area contributed by atoms with Gasteiger partial charge in [-0.05, 0) is 57.5 Å². The zero-order valence-corrected chi connectivity index (χ0v) is 13.1. The number of aromatic hydroxyl groups is 2. The van der Waals surface area contributed by atoms with Crippen LogP contribution in [-0.4, -0.2) is 10.2 Å². The lowest BCUT2D eigenvalue weighted by Gasteiger charge is -2.21. The molecule has 2 rings (SSSR count). The van der Waals surface area contributed by atoms with Crippen LogP contribution < -0.4 is 5.32 Å². The average Bonchev–Trinajstić information content (AvgIpc) is 2.71. The van der Waals surface area contributed by atoms with Crippen molar-refractivity contribution in [3.05, 3.63) is 45.1 Å². The molecule has 1 heterocycles. The zero-order valence-electron chi connectivity index (χ0n) is 12.3. The van der Waals surface area contributed by atoms with Crippen LogP contribution in [0.3, 0.4) is 0 Å². The Balaban J connectivity index is 2.17. The first-order chi connectivity index (χ1) is 9.38. The van der Waals surface area contributed by atoms with Crippen LogP contribution in [-0.2, 0) is 0 Å². The summed E-state index contributed by atoms with van der Waals surface area (Å²) in [7, 11) is 0. The summed E-state index contributed by atoms with van der Waals surface area (Å²) >= 11 is 1.80. The molecule has 0 aliphatic carbocycles. The lowest BCUT2D eigenvalue weighted by Crippen LogP contribution is -2.22. The van der Waals surface area contributed by atoms with Crippen LogP contribution in [0.4, 0.5) is 0 Å². The molecular weight excluding hydrogens is 270 g/mol. The maximum atomic E-state index is 9.90.